The van der Waals surface area contributed by atoms with Gasteiger partial charge in [0.2, 0.25) is 0 Å². The van der Waals surface area contributed by atoms with Crippen LogP contribution in [0.3, 0.4) is 0 Å². The van der Waals surface area contributed by atoms with Crippen LogP contribution >= 0.6 is 15.9 Å². The lowest BCUT2D eigenvalue weighted by Crippen LogP contribution is -2.24. The summed E-state index contributed by atoms with van der Waals surface area (Å²) >= 11 is 3.52. The molecule has 0 saturated heterocycles. The van der Waals surface area contributed by atoms with Crippen molar-refractivity contribution in [1.82, 2.24) is 4.90 Å². The van der Waals surface area contributed by atoms with Crippen molar-refractivity contribution in [2.45, 2.75) is 12.8 Å². The Morgan fingerprint density at radius 2 is 1.89 bits per heavy atom. The highest BCUT2D eigenvalue weighted by molar-refractivity contribution is 9.10. The van der Waals surface area contributed by atoms with Crippen LogP contribution in [0.4, 0.5) is 5.69 Å². The first-order chi connectivity index (χ1) is 8.54. The molecule has 1 rings (SSSR count). The van der Waals surface area contributed by atoms with E-state index in [0.717, 1.165) is 24.0 Å². The van der Waals surface area contributed by atoms with Gasteiger partial charge in [0, 0.05) is 23.8 Å². The number of benzene rings is 1. The van der Waals surface area contributed by atoms with Gasteiger partial charge in [0.05, 0.1) is 0 Å². The highest BCUT2D eigenvalue weighted by Gasteiger charge is 2.07. The Kier molecular flexibility index (Phi) is 6.68. The Bertz CT molecular complexity index is 366. The highest BCUT2D eigenvalue weighted by atomic mass is 79.9. The van der Waals surface area contributed by atoms with Crippen molar-refractivity contribution in [3.05, 3.63) is 28.2 Å². The summed E-state index contributed by atoms with van der Waals surface area (Å²) < 4.78 is 1.12. The van der Waals surface area contributed by atoms with Gasteiger partial charge in [-0.1, -0.05) is 15.9 Å². The molecule has 0 fully saturated rings. The highest BCUT2D eigenvalue weighted by Crippen LogP contribution is 2.24. The van der Waals surface area contributed by atoms with E-state index in [4.69, 9.17) is 5.73 Å². The van der Waals surface area contributed by atoms with Crippen molar-refractivity contribution >= 4 is 21.6 Å². The molecule has 0 bridgehead atoms. The molecule has 3 nitrogen and oxygen atoms in total. The van der Waals surface area contributed by atoms with Crippen molar-refractivity contribution < 1.29 is 0 Å². The van der Waals surface area contributed by atoms with Crippen LogP contribution in [0, 0.1) is 0 Å². The lowest BCUT2D eigenvalue weighted by atomic mass is 10.1. The Balaban J connectivity index is 2.68. The minimum atomic E-state index is 0.689. The van der Waals surface area contributed by atoms with E-state index < -0.39 is 0 Å². The molecule has 0 spiro atoms. The van der Waals surface area contributed by atoms with E-state index in [1.54, 1.807) is 0 Å². The molecule has 0 aliphatic carbocycles. The zero-order valence-electron chi connectivity index (χ0n) is 11.6. The van der Waals surface area contributed by atoms with Crippen LogP contribution in [0.25, 0.3) is 0 Å². The second-order valence-electron chi connectivity index (χ2n) is 4.89. The molecule has 18 heavy (non-hydrogen) atoms. The van der Waals surface area contributed by atoms with Crippen LogP contribution in [0.15, 0.2) is 22.7 Å². The van der Waals surface area contributed by atoms with Crippen molar-refractivity contribution in [2.75, 3.05) is 45.7 Å². The molecule has 0 aromatic heterocycles. The molecule has 0 radical (unpaired) electrons. The summed E-state index contributed by atoms with van der Waals surface area (Å²) in [5.74, 6) is 0. The Labute approximate surface area is 119 Å². The average Bonchev–Trinajstić information content (AvgIpc) is 2.29. The molecule has 0 aliphatic rings. The molecular formula is C14H24BrN3. The van der Waals surface area contributed by atoms with E-state index in [9.17, 15) is 0 Å². The zero-order chi connectivity index (χ0) is 13.5. The van der Waals surface area contributed by atoms with Gasteiger partial charge in [-0.2, -0.15) is 0 Å². The summed E-state index contributed by atoms with van der Waals surface area (Å²) in [7, 11) is 6.37. The van der Waals surface area contributed by atoms with Crippen LogP contribution < -0.4 is 10.6 Å². The fraction of sp³-hybridized carbons (Fsp3) is 0.571. The monoisotopic (exact) mass is 313 g/mol. The van der Waals surface area contributed by atoms with E-state index in [0.29, 0.717) is 6.54 Å². The van der Waals surface area contributed by atoms with E-state index in [-0.39, 0.29) is 0 Å². The summed E-state index contributed by atoms with van der Waals surface area (Å²) in [5.41, 5.74) is 8.29. The molecule has 2 N–H and O–H groups in total. The number of nitrogens with zero attached hydrogens (tertiary/aromatic N) is 2. The topological polar surface area (TPSA) is 32.5 Å². The summed E-state index contributed by atoms with van der Waals surface area (Å²) in [6.07, 6.45) is 2.09. The predicted octanol–water partition coefficient (Wildman–Crippen LogP) is 2.34. The molecule has 102 valence electrons. The average molecular weight is 314 g/mol. The maximum Gasteiger partial charge on any atom is 0.0397 e. The summed E-state index contributed by atoms with van der Waals surface area (Å²) in [4.78, 5) is 4.54. The molecule has 0 amide bonds. The second-order valence-corrected chi connectivity index (χ2v) is 5.81. The third kappa shape index (κ3) is 4.96. The van der Waals surface area contributed by atoms with Gasteiger partial charge in [0.25, 0.3) is 0 Å². The van der Waals surface area contributed by atoms with Gasteiger partial charge in [-0.3, -0.25) is 0 Å². The fourth-order valence-corrected chi connectivity index (χ4v) is 2.44. The summed E-state index contributed by atoms with van der Waals surface area (Å²) in [6.45, 7) is 2.87. The Morgan fingerprint density at radius 3 is 2.50 bits per heavy atom. The number of halogens is 1. The number of hydrogen-bond donors (Lipinski definition) is 1. The van der Waals surface area contributed by atoms with E-state index in [1.807, 2.05) is 0 Å². The summed E-state index contributed by atoms with van der Waals surface area (Å²) in [6, 6.07) is 6.44. The van der Waals surface area contributed by atoms with Crippen molar-refractivity contribution in [2.24, 2.45) is 5.73 Å². The van der Waals surface area contributed by atoms with Gasteiger partial charge in [0.15, 0.2) is 0 Å². The zero-order valence-corrected chi connectivity index (χ0v) is 13.2. The molecule has 1 aromatic carbocycles. The minimum absolute atomic E-state index is 0.689. The number of hydrogen-bond acceptors (Lipinski definition) is 3. The first kappa shape index (κ1) is 15.5. The maximum atomic E-state index is 5.68. The van der Waals surface area contributed by atoms with E-state index in [1.165, 1.54) is 17.7 Å². The second kappa shape index (κ2) is 7.77. The molecule has 0 unspecified atom stereocenters. The minimum Gasteiger partial charge on any atom is -0.374 e. The van der Waals surface area contributed by atoms with Gasteiger partial charge in [-0.25, -0.2) is 0 Å². The Morgan fingerprint density at radius 1 is 1.17 bits per heavy atom. The smallest absolute Gasteiger partial charge is 0.0397 e. The molecule has 1 aromatic rings. The van der Waals surface area contributed by atoms with Crippen molar-refractivity contribution in [3.63, 3.8) is 0 Å². The number of anilines is 1. The standard InChI is InChI=1S/C14H24BrN3/c1-17(2)9-4-10-18(3)14-6-5-13(15)11-12(14)7-8-16/h5-6,11H,4,7-10,16H2,1-3H3. The quantitative estimate of drug-likeness (QED) is 0.838. The summed E-state index contributed by atoms with van der Waals surface area (Å²) in [5, 5.41) is 0. The van der Waals surface area contributed by atoms with Crippen LogP contribution in [-0.4, -0.2) is 45.7 Å². The van der Waals surface area contributed by atoms with Gasteiger partial charge in [0.1, 0.15) is 0 Å². The number of rotatable bonds is 7. The number of nitrogens with two attached hydrogens (primary N) is 1. The maximum absolute atomic E-state index is 5.68. The largest absolute Gasteiger partial charge is 0.374 e. The fourth-order valence-electron chi connectivity index (χ4n) is 2.03. The van der Waals surface area contributed by atoms with Crippen LogP contribution in [-0.2, 0) is 6.42 Å². The van der Waals surface area contributed by atoms with Crippen molar-refractivity contribution in [3.8, 4) is 0 Å². The molecule has 4 heteroatoms. The molecular weight excluding hydrogens is 290 g/mol. The normalized spacial score (nSPS) is 11.0. The van der Waals surface area contributed by atoms with Gasteiger partial charge in [-0.15, -0.1) is 0 Å². The first-order valence-corrected chi connectivity index (χ1v) is 7.18. The van der Waals surface area contributed by atoms with Crippen LogP contribution in [0.2, 0.25) is 0 Å². The van der Waals surface area contributed by atoms with Crippen LogP contribution in [0.5, 0.6) is 0 Å². The third-order valence-corrected chi connectivity index (χ3v) is 3.46. The van der Waals surface area contributed by atoms with Gasteiger partial charge < -0.3 is 15.5 Å². The first-order valence-electron chi connectivity index (χ1n) is 6.39. The molecule has 0 aliphatic heterocycles. The lowest BCUT2D eigenvalue weighted by molar-refractivity contribution is 0.401. The van der Waals surface area contributed by atoms with Crippen molar-refractivity contribution in [1.29, 1.82) is 0 Å². The predicted molar refractivity (Wildman–Crippen MR) is 83.3 cm³/mol. The molecule has 0 saturated carbocycles. The van der Waals surface area contributed by atoms with Gasteiger partial charge in [-0.05, 0) is 63.8 Å². The van der Waals surface area contributed by atoms with E-state index >= 15 is 0 Å². The SMILES string of the molecule is CN(C)CCCN(C)c1ccc(Br)cc1CCN. The molecule has 0 heterocycles. The lowest BCUT2D eigenvalue weighted by Gasteiger charge is -2.23. The molecule has 0 atom stereocenters. The third-order valence-electron chi connectivity index (χ3n) is 2.97. The van der Waals surface area contributed by atoms with E-state index in [2.05, 4.69) is 65.1 Å². The Hall–Kier alpha value is -0.580. The van der Waals surface area contributed by atoms with Gasteiger partial charge >= 0.3 is 0 Å². The van der Waals surface area contributed by atoms with Crippen LogP contribution in [0.1, 0.15) is 12.0 Å².